The van der Waals surface area contributed by atoms with Gasteiger partial charge in [0.15, 0.2) is 5.96 Å². The fourth-order valence-corrected chi connectivity index (χ4v) is 8.80. The molecule has 28 nitrogen and oxygen atoms in total. The third kappa shape index (κ3) is 24.8. The quantitative estimate of drug-likeness (QED) is 0.0149. The Kier molecular flexibility index (Phi) is 30.9. The van der Waals surface area contributed by atoms with Crippen LogP contribution in [0, 0.1) is 5.92 Å². The number of hydrogen-bond acceptors (Lipinski definition) is 17. The lowest BCUT2D eigenvalue weighted by molar-refractivity contribution is -0.143. The van der Waals surface area contributed by atoms with E-state index in [1.54, 1.807) is 80.8 Å². The van der Waals surface area contributed by atoms with E-state index in [9.17, 15) is 73.5 Å². The second-order valence-electron chi connectivity index (χ2n) is 20.0. The largest absolute Gasteiger partial charge is 0.508 e. The first kappa shape index (κ1) is 70.9. The van der Waals surface area contributed by atoms with Gasteiger partial charge in [0.25, 0.3) is 0 Å². The Morgan fingerprint density at radius 3 is 1.40 bits per heavy atom. The molecule has 0 saturated heterocycles. The number of carboxylic acids is 1. The average Bonchev–Trinajstić information content (AvgIpc) is 3.67. The number of rotatable bonds is 37. The molecule has 29 heteroatoms. The number of hydrogen-bond donors (Lipinski definition) is 17. The molecule has 0 radical (unpaired) electrons. The van der Waals surface area contributed by atoms with Gasteiger partial charge in [0, 0.05) is 25.8 Å². The number of phenols is 1. The van der Waals surface area contributed by atoms with E-state index >= 15 is 0 Å². The number of guanidine groups is 1. The number of carbonyl (C=O) groups is 10. The van der Waals surface area contributed by atoms with E-state index in [-0.39, 0.29) is 56.8 Å². The van der Waals surface area contributed by atoms with Gasteiger partial charge in [-0.05, 0) is 72.9 Å². The van der Waals surface area contributed by atoms with Crippen molar-refractivity contribution in [2.24, 2.45) is 28.1 Å². The van der Waals surface area contributed by atoms with E-state index in [0.29, 0.717) is 28.9 Å². The summed E-state index contributed by atoms with van der Waals surface area (Å²) in [5.41, 5.74) is 18.1. The van der Waals surface area contributed by atoms with Gasteiger partial charge in [-0.3, -0.25) is 48.1 Å². The molecule has 0 unspecified atom stereocenters. The van der Waals surface area contributed by atoms with Crippen LogP contribution >= 0.6 is 11.8 Å². The van der Waals surface area contributed by atoms with Gasteiger partial charge in [-0.15, -0.1) is 0 Å². The van der Waals surface area contributed by atoms with Crippen LogP contribution in [0.25, 0.3) is 0 Å². The van der Waals surface area contributed by atoms with Crippen LogP contribution in [0.4, 0.5) is 0 Å². The maximum atomic E-state index is 14.5. The topological polar surface area (TPSA) is 471 Å². The molecule has 0 spiro atoms. The zero-order chi connectivity index (χ0) is 63.2. The van der Waals surface area contributed by atoms with Crippen molar-refractivity contribution in [1.29, 1.82) is 0 Å². The number of aliphatic hydroxyl groups is 3. The number of aromatic hydroxyl groups is 1. The second kappa shape index (κ2) is 37.0. The first-order chi connectivity index (χ1) is 40.4. The van der Waals surface area contributed by atoms with Crippen LogP contribution in [-0.2, 0) is 67.2 Å². The van der Waals surface area contributed by atoms with E-state index in [4.69, 9.17) is 17.2 Å². The summed E-state index contributed by atoms with van der Waals surface area (Å²) < 4.78 is 0. The van der Waals surface area contributed by atoms with Crippen molar-refractivity contribution in [2.45, 2.75) is 126 Å². The van der Waals surface area contributed by atoms with Crippen LogP contribution in [0.1, 0.15) is 63.1 Å². The first-order valence-corrected chi connectivity index (χ1v) is 28.8. The number of aliphatic imine (C=N–C) groups is 1. The maximum absolute atomic E-state index is 14.5. The van der Waals surface area contributed by atoms with Crippen molar-refractivity contribution >= 4 is 76.9 Å². The van der Waals surface area contributed by atoms with Gasteiger partial charge in [0.2, 0.25) is 53.2 Å². The molecule has 3 aromatic carbocycles. The number of carbonyl (C=O) groups excluding carboxylic acids is 9. The molecule has 11 atom stereocenters. The summed E-state index contributed by atoms with van der Waals surface area (Å²) in [7, 11) is 0. The Morgan fingerprint density at radius 2 is 0.929 bits per heavy atom. The Balaban J connectivity index is 1.97. The van der Waals surface area contributed by atoms with Crippen LogP contribution < -0.4 is 65.1 Å². The summed E-state index contributed by atoms with van der Waals surface area (Å²) in [6.45, 7) is 2.06. The van der Waals surface area contributed by atoms with E-state index in [0.717, 1.165) is 0 Å². The Morgan fingerprint density at radius 1 is 0.529 bits per heavy atom. The smallest absolute Gasteiger partial charge is 0.328 e. The molecule has 0 aromatic heterocycles. The lowest BCUT2D eigenvalue weighted by Gasteiger charge is -2.29. The number of nitrogens with zero attached hydrogens (tertiary/aromatic N) is 1. The number of benzene rings is 3. The number of amides is 9. The molecule has 0 fully saturated rings. The number of aliphatic carboxylic acids is 1. The highest BCUT2D eigenvalue weighted by atomic mass is 32.2. The maximum Gasteiger partial charge on any atom is 0.328 e. The molecule has 0 bridgehead atoms. The van der Waals surface area contributed by atoms with Gasteiger partial charge in [0.05, 0.1) is 25.9 Å². The minimum Gasteiger partial charge on any atom is -0.508 e. The predicted octanol–water partition coefficient (Wildman–Crippen LogP) is -3.96. The molecule has 3 rings (SSSR count). The second-order valence-corrected chi connectivity index (χ2v) is 21.0. The molecule has 9 amide bonds. The predicted molar refractivity (Wildman–Crippen MR) is 314 cm³/mol. The van der Waals surface area contributed by atoms with Crippen LogP contribution in [0.5, 0.6) is 5.75 Å². The van der Waals surface area contributed by atoms with Crippen molar-refractivity contribution < 1.29 is 73.5 Å². The number of nitrogens with two attached hydrogens (primary N) is 3. The summed E-state index contributed by atoms with van der Waals surface area (Å²) >= 11 is 1.33. The Hall–Kier alpha value is -8.38. The number of thioether (sulfide) groups is 1. The van der Waals surface area contributed by atoms with E-state index in [1.807, 2.05) is 0 Å². The zero-order valence-corrected chi connectivity index (χ0v) is 48.6. The number of aliphatic hydroxyl groups excluding tert-OH is 3. The molecule has 0 aliphatic rings. The van der Waals surface area contributed by atoms with E-state index in [2.05, 4.69) is 52.8 Å². The first-order valence-electron chi connectivity index (χ1n) is 27.4. The van der Waals surface area contributed by atoms with Crippen LogP contribution in [-0.4, -0.2) is 189 Å². The summed E-state index contributed by atoms with van der Waals surface area (Å²) in [6.07, 6.45) is -0.192. The molecule has 0 heterocycles. The molecule has 20 N–H and O–H groups in total. The van der Waals surface area contributed by atoms with Crippen LogP contribution in [0.3, 0.4) is 0 Å². The van der Waals surface area contributed by atoms with Crippen LogP contribution in [0.2, 0.25) is 0 Å². The third-order valence-electron chi connectivity index (χ3n) is 13.3. The lowest BCUT2D eigenvalue weighted by atomic mass is 9.96. The molecular weight excluding hydrogens is 1130 g/mol. The van der Waals surface area contributed by atoms with Gasteiger partial charge < -0.3 is 90.6 Å². The van der Waals surface area contributed by atoms with Crippen LogP contribution in [0.15, 0.2) is 89.9 Å². The molecular formula is C56H81N13O15S. The van der Waals surface area contributed by atoms with Crippen molar-refractivity contribution in [3.63, 3.8) is 0 Å². The number of phenolic OH excluding ortho intramolecular Hbond substituents is 1. The van der Waals surface area contributed by atoms with Crippen molar-refractivity contribution in [2.75, 3.05) is 38.3 Å². The third-order valence-corrected chi connectivity index (χ3v) is 14.0. The zero-order valence-electron chi connectivity index (χ0n) is 47.8. The number of carboxylic acid groups (broad SMARTS) is 1. The monoisotopic (exact) mass is 1210 g/mol. The fourth-order valence-electron chi connectivity index (χ4n) is 8.33. The summed E-state index contributed by atoms with van der Waals surface area (Å²) in [5, 5.41) is 72.9. The lowest BCUT2D eigenvalue weighted by Crippen LogP contribution is -2.62. The van der Waals surface area contributed by atoms with Crippen molar-refractivity contribution in [3.05, 3.63) is 102 Å². The molecule has 0 saturated carbocycles. The van der Waals surface area contributed by atoms with Crippen molar-refractivity contribution in [3.8, 4) is 5.75 Å². The summed E-state index contributed by atoms with van der Waals surface area (Å²) in [6, 6.07) is 8.73. The normalized spacial score (nSPS) is 14.9. The standard InChI is InChI=1S/C56H81N13O15S/c1-5-31(2)45(53(81)63-38(22-24-85-4)48(76)67-43(30-71)55(83)84)68-51(79)41(27-35-18-20-36(73)21-19-35)64-52(80)42(29-70)66-47(75)37(17-12-23-60-56(58)59)62-49(77)40(26-34-15-10-7-11-16-34)65-54(82)46(32(3)72)69-50(78)39(61-44(74)28-57)25-33-13-8-6-9-14-33/h6-11,13-16,18-21,31-32,37-43,45-46,70-73H,5,12,17,22-30,57H2,1-4H3,(H,61,74)(H,62,77)(H,63,81)(H,64,80)(H,65,82)(H,66,75)(H,67,76)(H,68,79)(H,69,78)(H,83,84)(H4,58,59,60)/t31-,32+,37-,38-,39-,40-,41-,42-,43-,45-,46-/m0/s1. The highest BCUT2D eigenvalue weighted by Crippen LogP contribution is 2.15. The Bertz CT molecular complexity index is 2710. The SMILES string of the molecule is CC[C@H](C)[C@H](NC(=O)[C@H](Cc1ccc(O)cc1)NC(=O)[C@H](CO)NC(=O)[C@H](CCCN=C(N)N)NC(=O)[C@H](Cc1ccccc1)NC(=O)[C@@H](NC(=O)[C@H](Cc1ccccc1)NC(=O)CN)[C@@H](C)O)C(=O)N[C@@H](CCSC)C(=O)N[C@@H](CO)C(=O)O. The minimum atomic E-state index is -1.83. The highest BCUT2D eigenvalue weighted by Gasteiger charge is 2.37. The van der Waals surface area contributed by atoms with Gasteiger partial charge in [0.1, 0.15) is 60.1 Å². The molecule has 0 aliphatic carbocycles. The minimum absolute atomic E-state index is 0.0244. The summed E-state index contributed by atoms with van der Waals surface area (Å²) in [4.78, 5) is 141. The molecule has 85 heavy (non-hydrogen) atoms. The fraction of sp³-hybridized carbons (Fsp3) is 0.482. The molecule has 466 valence electrons. The van der Waals surface area contributed by atoms with E-state index < -0.39 is 145 Å². The Labute approximate surface area is 496 Å². The van der Waals surface area contributed by atoms with Gasteiger partial charge in [-0.2, -0.15) is 11.8 Å². The average molecular weight is 1210 g/mol. The highest BCUT2D eigenvalue weighted by molar-refractivity contribution is 7.98. The molecule has 0 aliphatic heterocycles. The van der Waals surface area contributed by atoms with Crippen molar-refractivity contribution in [1.82, 2.24) is 47.9 Å². The van der Waals surface area contributed by atoms with E-state index in [1.165, 1.54) is 43.0 Å². The number of nitrogens with one attached hydrogen (secondary N) is 9. The van der Waals surface area contributed by atoms with Gasteiger partial charge in [-0.25, -0.2) is 4.79 Å². The van der Waals surface area contributed by atoms with Gasteiger partial charge >= 0.3 is 5.97 Å². The molecule has 3 aromatic rings. The van der Waals surface area contributed by atoms with Gasteiger partial charge in [-0.1, -0.05) is 93.1 Å². The summed E-state index contributed by atoms with van der Waals surface area (Å²) in [5.74, 6) is -10.6.